The number of hydrogen-bond donors (Lipinski definition) is 2. The first kappa shape index (κ1) is 15.2. The Morgan fingerprint density at radius 1 is 0.958 bits per heavy atom. The number of urea groups is 1. The van der Waals surface area contributed by atoms with E-state index in [2.05, 4.69) is 28.8 Å². The molecule has 0 spiro atoms. The van der Waals surface area contributed by atoms with Crippen molar-refractivity contribution in [3.05, 3.63) is 54.1 Å². The van der Waals surface area contributed by atoms with Gasteiger partial charge in [-0.2, -0.15) is 0 Å². The quantitative estimate of drug-likeness (QED) is 0.806. The Morgan fingerprint density at radius 2 is 1.75 bits per heavy atom. The van der Waals surface area contributed by atoms with Gasteiger partial charge in [0.15, 0.2) is 0 Å². The van der Waals surface area contributed by atoms with Crippen molar-refractivity contribution >= 4 is 23.1 Å². The van der Waals surface area contributed by atoms with Crippen molar-refractivity contribution < 1.29 is 4.79 Å². The first-order chi connectivity index (χ1) is 11.8. The van der Waals surface area contributed by atoms with E-state index in [4.69, 9.17) is 0 Å². The number of nitrogens with one attached hydrogen (secondary N) is 2. The van der Waals surface area contributed by atoms with Crippen molar-refractivity contribution in [2.75, 3.05) is 30.3 Å². The van der Waals surface area contributed by atoms with Gasteiger partial charge in [0.2, 0.25) is 0 Å². The molecule has 2 aliphatic heterocycles. The molecule has 124 valence electrons. The average molecular weight is 322 g/mol. The van der Waals surface area contributed by atoms with Crippen molar-refractivity contribution in [1.29, 1.82) is 0 Å². The Morgan fingerprint density at radius 3 is 2.54 bits per heavy atom. The molecule has 2 amide bonds. The highest BCUT2D eigenvalue weighted by Gasteiger charge is 2.41. The number of likely N-dealkylation sites (tertiary alicyclic amines) is 1. The lowest BCUT2D eigenvalue weighted by Gasteiger charge is -2.38. The molecule has 4 nitrogen and oxygen atoms in total. The zero-order valence-electron chi connectivity index (χ0n) is 13.9. The van der Waals surface area contributed by atoms with E-state index in [1.165, 1.54) is 12.0 Å². The molecule has 2 N–H and O–H groups in total. The van der Waals surface area contributed by atoms with E-state index < -0.39 is 0 Å². The highest BCUT2D eigenvalue weighted by Crippen LogP contribution is 2.33. The normalized spacial score (nSPS) is 18.5. The van der Waals surface area contributed by atoms with E-state index in [1.54, 1.807) is 0 Å². The Kier molecular flexibility index (Phi) is 3.98. The summed E-state index contributed by atoms with van der Waals surface area (Å²) in [5.74, 6) is 0. The van der Waals surface area contributed by atoms with Gasteiger partial charge in [0.25, 0.3) is 0 Å². The molecule has 1 fully saturated rings. The van der Waals surface area contributed by atoms with E-state index in [9.17, 15) is 4.79 Å². The van der Waals surface area contributed by atoms with Crippen LogP contribution in [0.2, 0.25) is 0 Å². The number of quaternary nitrogens is 1. The second-order valence-electron chi connectivity index (χ2n) is 6.75. The fourth-order valence-electron chi connectivity index (χ4n) is 4.03. The molecule has 1 saturated heterocycles. The minimum absolute atomic E-state index is 0.0983. The van der Waals surface area contributed by atoms with Crippen LogP contribution in [0.15, 0.2) is 48.5 Å². The second kappa shape index (κ2) is 6.29. The predicted octanol–water partition coefficient (Wildman–Crippen LogP) is 4.38. The van der Waals surface area contributed by atoms with Crippen LogP contribution in [-0.4, -0.2) is 25.7 Å². The van der Waals surface area contributed by atoms with Crippen molar-refractivity contribution in [2.24, 2.45) is 0 Å². The maximum atomic E-state index is 13.3. The number of anilines is 2. The molecule has 4 rings (SSSR count). The lowest BCUT2D eigenvalue weighted by Crippen LogP contribution is -2.59. The van der Waals surface area contributed by atoms with E-state index in [0.717, 1.165) is 56.0 Å². The number of para-hydroxylation sites is 1. The molecule has 0 saturated carbocycles. The maximum absolute atomic E-state index is 13.3. The minimum atomic E-state index is 0.0983. The highest BCUT2D eigenvalue weighted by atomic mass is 16.2. The van der Waals surface area contributed by atoms with Crippen LogP contribution in [0.5, 0.6) is 0 Å². The molecule has 0 aromatic heterocycles. The van der Waals surface area contributed by atoms with Crippen LogP contribution in [0, 0.1) is 0 Å². The standard InChI is InChI=1S/C20H23N3O/c24-20(22-19-11-7-10-18-17(19)12-13-21-18)23(14-5-2-6-15-23)16-8-3-1-4-9-16/h1,3-4,7-11,21H,2,5-6,12-15H2/p+1. The number of rotatable bonds is 2. The molecule has 0 unspecified atom stereocenters. The van der Waals surface area contributed by atoms with Gasteiger partial charge in [0.1, 0.15) is 5.69 Å². The van der Waals surface area contributed by atoms with Gasteiger partial charge >= 0.3 is 6.03 Å². The van der Waals surface area contributed by atoms with Gasteiger partial charge in [0, 0.05) is 17.8 Å². The number of hydrogen-bond acceptors (Lipinski definition) is 2. The zero-order chi connectivity index (χ0) is 16.4. The summed E-state index contributed by atoms with van der Waals surface area (Å²) in [6.07, 6.45) is 4.37. The molecule has 0 radical (unpaired) electrons. The summed E-state index contributed by atoms with van der Waals surface area (Å²) in [4.78, 5) is 13.3. The fraction of sp³-hybridized carbons (Fsp3) is 0.350. The van der Waals surface area contributed by atoms with Crippen LogP contribution >= 0.6 is 0 Å². The number of amides is 2. The van der Waals surface area contributed by atoms with Crippen LogP contribution in [0.25, 0.3) is 0 Å². The Balaban J connectivity index is 1.67. The summed E-state index contributed by atoms with van der Waals surface area (Å²) in [6, 6.07) is 16.5. The molecule has 4 heteroatoms. The Bertz CT molecular complexity index is 736. The molecule has 24 heavy (non-hydrogen) atoms. The number of piperidine rings is 1. The first-order valence-corrected chi connectivity index (χ1v) is 8.90. The van der Waals surface area contributed by atoms with Gasteiger partial charge in [-0.1, -0.05) is 24.3 Å². The van der Waals surface area contributed by atoms with Gasteiger partial charge < -0.3 is 5.32 Å². The molecule has 2 heterocycles. The Labute approximate surface area is 143 Å². The number of nitrogens with zero attached hydrogens (tertiary/aromatic N) is 1. The van der Waals surface area contributed by atoms with E-state index in [-0.39, 0.29) is 6.03 Å². The predicted molar refractivity (Wildman–Crippen MR) is 99.5 cm³/mol. The summed E-state index contributed by atoms with van der Waals surface area (Å²) >= 11 is 0. The van der Waals surface area contributed by atoms with Crippen molar-refractivity contribution in [3.63, 3.8) is 0 Å². The monoisotopic (exact) mass is 322 g/mol. The zero-order valence-corrected chi connectivity index (χ0v) is 13.9. The van der Waals surface area contributed by atoms with Gasteiger partial charge in [-0.3, -0.25) is 5.32 Å². The third-order valence-corrected chi connectivity index (χ3v) is 5.33. The molecule has 0 atom stereocenters. The molecule has 2 aliphatic rings. The lowest BCUT2D eigenvalue weighted by molar-refractivity contribution is 0.200. The minimum Gasteiger partial charge on any atom is -0.384 e. The second-order valence-corrected chi connectivity index (χ2v) is 6.75. The van der Waals surface area contributed by atoms with Crippen LogP contribution in [-0.2, 0) is 6.42 Å². The first-order valence-electron chi connectivity index (χ1n) is 8.90. The third kappa shape index (κ3) is 2.57. The topological polar surface area (TPSA) is 41.1 Å². The van der Waals surface area contributed by atoms with Crippen molar-refractivity contribution in [2.45, 2.75) is 25.7 Å². The van der Waals surface area contributed by atoms with Gasteiger partial charge in [-0.25, -0.2) is 9.28 Å². The van der Waals surface area contributed by atoms with Crippen LogP contribution < -0.4 is 15.1 Å². The number of fused-ring (bicyclic) bond motifs is 1. The molecule has 0 bridgehead atoms. The number of benzene rings is 2. The molecular formula is C20H24N3O+. The van der Waals surface area contributed by atoms with E-state index >= 15 is 0 Å². The van der Waals surface area contributed by atoms with Gasteiger partial charge in [0.05, 0.1) is 18.8 Å². The molecule has 0 aliphatic carbocycles. The smallest absolute Gasteiger partial charge is 0.384 e. The molecular weight excluding hydrogens is 298 g/mol. The molecule has 2 aromatic rings. The lowest BCUT2D eigenvalue weighted by atomic mass is 10.1. The summed E-state index contributed by atoms with van der Waals surface area (Å²) in [7, 11) is 0. The largest absolute Gasteiger partial charge is 0.426 e. The Hall–Kier alpha value is -2.33. The van der Waals surface area contributed by atoms with Crippen LogP contribution in [0.4, 0.5) is 21.9 Å². The summed E-state index contributed by atoms with van der Waals surface area (Å²) < 4.78 is 0.415. The van der Waals surface area contributed by atoms with Crippen LogP contribution in [0.1, 0.15) is 24.8 Å². The van der Waals surface area contributed by atoms with Crippen LogP contribution in [0.3, 0.4) is 0 Å². The van der Waals surface area contributed by atoms with Gasteiger partial charge in [-0.15, -0.1) is 0 Å². The highest BCUT2D eigenvalue weighted by molar-refractivity contribution is 5.99. The van der Waals surface area contributed by atoms with Crippen molar-refractivity contribution in [3.8, 4) is 0 Å². The fourth-order valence-corrected chi connectivity index (χ4v) is 4.03. The number of carbonyl (C=O) groups is 1. The SMILES string of the molecule is O=C(Nc1cccc2c1CCN2)[N+]1(c2ccccc2)CCCCC1. The molecule has 2 aromatic carbocycles. The summed E-state index contributed by atoms with van der Waals surface area (Å²) in [5, 5.41) is 6.62. The van der Waals surface area contributed by atoms with E-state index in [1.807, 2.05) is 30.3 Å². The maximum Gasteiger partial charge on any atom is 0.426 e. The third-order valence-electron chi connectivity index (χ3n) is 5.33. The summed E-state index contributed by atoms with van der Waals surface area (Å²) in [6.45, 7) is 2.70. The van der Waals surface area contributed by atoms with E-state index in [0.29, 0.717) is 4.48 Å². The van der Waals surface area contributed by atoms with Gasteiger partial charge in [-0.05, 0) is 49.9 Å². The number of carbonyl (C=O) groups excluding carboxylic acids is 1. The average Bonchev–Trinajstić information content (AvgIpc) is 3.13. The van der Waals surface area contributed by atoms with Crippen molar-refractivity contribution in [1.82, 2.24) is 4.48 Å². The summed E-state index contributed by atoms with van der Waals surface area (Å²) in [5.41, 5.74) is 4.44.